The van der Waals surface area contributed by atoms with Gasteiger partial charge in [-0.25, -0.2) is 9.18 Å². The van der Waals surface area contributed by atoms with Crippen molar-refractivity contribution >= 4 is 22.5 Å². The molecule has 3 N–H and O–H groups in total. The van der Waals surface area contributed by atoms with E-state index >= 15 is 0 Å². The molecule has 0 aliphatic heterocycles. The van der Waals surface area contributed by atoms with Gasteiger partial charge in [0.2, 0.25) is 0 Å². The molecule has 2 amide bonds. The van der Waals surface area contributed by atoms with Crippen LogP contribution in [0.3, 0.4) is 0 Å². The van der Waals surface area contributed by atoms with Crippen LogP contribution in [0.5, 0.6) is 5.75 Å². The summed E-state index contributed by atoms with van der Waals surface area (Å²) in [6, 6.07) is 18.4. The molecule has 1 saturated carbocycles. The summed E-state index contributed by atoms with van der Waals surface area (Å²) in [5, 5.41) is 17.0. The van der Waals surface area contributed by atoms with Crippen molar-refractivity contribution in [2.75, 3.05) is 18.5 Å². The van der Waals surface area contributed by atoms with Crippen molar-refractivity contribution in [3.63, 3.8) is 0 Å². The van der Waals surface area contributed by atoms with Crippen molar-refractivity contribution in [1.29, 1.82) is 0 Å². The Labute approximate surface area is 200 Å². The van der Waals surface area contributed by atoms with Gasteiger partial charge in [0.1, 0.15) is 18.2 Å². The van der Waals surface area contributed by atoms with Gasteiger partial charge in [0, 0.05) is 6.04 Å². The Kier molecular flexibility index (Phi) is 8.36. The molecule has 0 bridgehead atoms. The molecule has 0 unspecified atom stereocenters. The Balaban J connectivity index is 1.17. The molecule has 3 aromatic carbocycles. The standard InChI is InChI=1S/C28H33FN2O3/c29-24-13-12-22-18-21(8-11-23(22)19-24)5-3-4-20-9-14-25(15-10-20)30-28(33)31-26-6-1-2-7-27(26)34-17-16-32/h1-2,6-8,11-13,18-20,25,32H,3-5,9-10,14-17H2,(H2,30,31,33). The van der Waals surface area contributed by atoms with E-state index in [1.807, 2.05) is 24.3 Å². The average molecular weight is 465 g/mol. The summed E-state index contributed by atoms with van der Waals surface area (Å²) in [6.45, 7) is 0.110. The normalized spacial score (nSPS) is 17.9. The fraction of sp³-hybridized carbons (Fsp3) is 0.393. The summed E-state index contributed by atoms with van der Waals surface area (Å²) in [5.74, 6) is 1.05. The average Bonchev–Trinajstić information content (AvgIpc) is 2.84. The maximum atomic E-state index is 13.4. The van der Waals surface area contributed by atoms with Crippen LogP contribution >= 0.6 is 0 Å². The first-order valence-electron chi connectivity index (χ1n) is 12.2. The Morgan fingerprint density at radius 1 is 1.00 bits per heavy atom. The first kappa shape index (κ1) is 24.0. The highest BCUT2D eigenvalue weighted by atomic mass is 19.1. The monoisotopic (exact) mass is 464 g/mol. The molecule has 1 aliphatic rings. The second-order valence-corrected chi connectivity index (χ2v) is 9.10. The lowest BCUT2D eigenvalue weighted by Gasteiger charge is -2.29. The number of amides is 2. The van der Waals surface area contributed by atoms with Gasteiger partial charge < -0.3 is 20.5 Å². The Morgan fingerprint density at radius 2 is 1.76 bits per heavy atom. The largest absolute Gasteiger partial charge is 0.489 e. The van der Waals surface area contributed by atoms with Gasteiger partial charge in [0.05, 0.1) is 12.3 Å². The van der Waals surface area contributed by atoms with Crippen LogP contribution in [0.2, 0.25) is 0 Å². The number of aliphatic hydroxyl groups excluding tert-OH is 1. The van der Waals surface area contributed by atoms with Crippen LogP contribution in [0.4, 0.5) is 14.9 Å². The highest BCUT2D eigenvalue weighted by Crippen LogP contribution is 2.29. The van der Waals surface area contributed by atoms with Gasteiger partial charge in [-0.3, -0.25) is 0 Å². The minimum absolute atomic E-state index is 0.0761. The summed E-state index contributed by atoms with van der Waals surface area (Å²) >= 11 is 0. The molecule has 180 valence electrons. The number of aryl methyl sites for hydroxylation is 1. The number of nitrogens with one attached hydrogen (secondary N) is 2. The first-order valence-corrected chi connectivity index (χ1v) is 12.2. The minimum Gasteiger partial charge on any atom is -0.489 e. The van der Waals surface area contributed by atoms with Crippen LogP contribution in [-0.4, -0.2) is 30.4 Å². The minimum atomic E-state index is -0.223. The van der Waals surface area contributed by atoms with E-state index in [0.717, 1.165) is 49.3 Å². The Bertz CT molecular complexity index is 1100. The molecular weight excluding hydrogens is 431 g/mol. The Morgan fingerprint density at radius 3 is 2.59 bits per heavy atom. The molecular formula is C28H33FN2O3. The number of aliphatic hydroxyl groups is 1. The van der Waals surface area contributed by atoms with E-state index < -0.39 is 0 Å². The molecule has 6 heteroatoms. The summed E-state index contributed by atoms with van der Waals surface area (Å²) in [5.41, 5.74) is 1.90. The summed E-state index contributed by atoms with van der Waals surface area (Å²) in [4.78, 5) is 12.5. The van der Waals surface area contributed by atoms with Crippen LogP contribution in [0.25, 0.3) is 10.8 Å². The molecule has 0 aromatic heterocycles. The molecule has 0 heterocycles. The van der Waals surface area contributed by atoms with E-state index in [0.29, 0.717) is 17.4 Å². The maximum Gasteiger partial charge on any atom is 0.319 e. The number of urea groups is 1. The number of fused-ring (bicyclic) bond motifs is 1. The highest BCUT2D eigenvalue weighted by molar-refractivity contribution is 5.91. The lowest BCUT2D eigenvalue weighted by molar-refractivity contribution is 0.202. The van der Waals surface area contributed by atoms with Gasteiger partial charge in [0.25, 0.3) is 0 Å². The van der Waals surface area contributed by atoms with Gasteiger partial charge in [0.15, 0.2) is 0 Å². The van der Waals surface area contributed by atoms with E-state index in [-0.39, 0.29) is 31.1 Å². The summed E-state index contributed by atoms with van der Waals surface area (Å²) < 4.78 is 18.8. The zero-order valence-electron chi connectivity index (χ0n) is 19.4. The van der Waals surface area contributed by atoms with Gasteiger partial charge in [-0.2, -0.15) is 0 Å². The van der Waals surface area contributed by atoms with Crippen molar-refractivity contribution in [2.45, 2.75) is 51.0 Å². The molecule has 5 nitrogen and oxygen atoms in total. The fourth-order valence-corrected chi connectivity index (χ4v) is 4.81. The first-order chi connectivity index (χ1) is 16.6. The topological polar surface area (TPSA) is 70.6 Å². The third-order valence-corrected chi connectivity index (χ3v) is 6.61. The van der Waals surface area contributed by atoms with Crippen molar-refractivity contribution in [3.05, 3.63) is 72.0 Å². The fourth-order valence-electron chi connectivity index (χ4n) is 4.81. The molecule has 0 spiro atoms. The van der Waals surface area contributed by atoms with Gasteiger partial charge in [-0.15, -0.1) is 0 Å². The van der Waals surface area contributed by atoms with Crippen molar-refractivity contribution < 1.29 is 19.0 Å². The van der Waals surface area contributed by atoms with Crippen molar-refractivity contribution in [1.82, 2.24) is 5.32 Å². The molecule has 4 rings (SSSR count). The lowest BCUT2D eigenvalue weighted by atomic mass is 9.83. The van der Waals surface area contributed by atoms with E-state index in [1.165, 1.54) is 18.1 Å². The molecule has 34 heavy (non-hydrogen) atoms. The zero-order chi connectivity index (χ0) is 23.8. The molecule has 1 fully saturated rings. The summed E-state index contributed by atoms with van der Waals surface area (Å²) in [7, 11) is 0. The second kappa shape index (κ2) is 11.8. The number of halogens is 1. The van der Waals surface area contributed by atoms with Crippen molar-refractivity contribution in [2.24, 2.45) is 5.92 Å². The van der Waals surface area contributed by atoms with Crippen LogP contribution in [0, 0.1) is 11.7 Å². The number of carbonyl (C=O) groups is 1. The maximum absolute atomic E-state index is 13.4. The predicted molar refractivity (Wildman–Crippen MR) is 134 cm³/mol. The number of rotatable bonds is 9. The van der Waals surface area contributed by atoms with Crippen LogP contribution in [0.1, 0.15) is 44.1 Å². The van der Waals surface area contributed by atoms with Crippen LogP contribution in [-0.2, 0) is 6.42 Å². The number of ether oxygens (including phenoxy) is 1. The summed E-state index contributed by atoms with van der Waals surface area (Å²) in [6.07, 6.45) is 7.59. The Hall–Kier alpha value is -3.12. The zero-order valence-corrected chi connectivity index (χ0v) is 19.4. The van der Waals surface area contributed by atoms with Crippen LogP contribution < -0.4 is 15.4 Å². The SMILES string of the molecule is O=C(Nc1ccccc1OCCO)NC1CCC(CCCc2ccc3cc(F)ccc3c2)CC1. The van der Waals surface area contributed by atoms with Crippen LogP contribution in [0.15, 0.2) is 60.7 Å². The molecule has 0 saturated heterocycles. The smallest absolute Gasteiger partial charge is 0.319 e. The number of benzene rings is 3. The quantitative estimate of drug-likeness (QED) is 0.361. The second-order valence-electron chi connectivity index (χ2n) is 9.10. The van der Waals surface area contributed by atoms with Gasteiger partial charge in [-0.1, -0.05) is 42.8 Å². The van der Waals surface area contributed by atoms with Crippen molar-refractivity contribution in [3.8, 4) is 5.75 Å². The van der Waals surface area contributed by atoms with E-state index in [1.54, 1.807) is 18.2 Å². The third kappa shape index (κ3) is 6.70. The number of hydrogen-bond acceptors (Lipinski definition) is 3. The number of carbonyl (C=O) groups excluding carboxylic acids is 1. The van der Waals surface area contributed by atoms with Gasteiger partial charge in [-0.05, 0) is 85.0 Å². The number of para-hydroxylation sites is 2. The molecule has 0 atom stereocenters. The number of anilines is 1. The highest BCUT2D eigenvalue weighted by Gasteiger charge is 2.22. The predicted octanol–water partition coefficient (Wildman–Crippen LogP) is 6.05. The lowest BCUT2D eigenvalue weighted by Crippen LogP contribution is -2.40. The van der Waals surface area contributed by atoms with E-state index in [4.69, 9.17) is 9.84 Å². The number of hydrogen-bond donors (Lipinski definition) is 3. The molecule has 0 radical (unpaired) electrons. The van der Waals surface area contributed by atoms with E-state index in [9.17, 15) is 9.18 Å². The third-order valence-electron chi connectivity index (χ3n) is 6.61. The molecule has 3 aromatic rings. The molecule has 1 aliphatic carbocycles. The van der Waals surface area contributed by atoms with Gasteiger partial charge >= 0.3 is 6.03 Å². The van der Waals surface area contributed by atoms with E-state index in [2.05, 4.69) is 22.8 Å².